The van der Waals surface area contributed by atoms with Crippen molar-refractivity contribution >= 4 is 5.78 Å². The Hall–Kier alpha value is -0.670. The van der Waals surface area contributed by atoms with Crippen LogP contribution in [0.2, 0.25) is 0 Å². The van der Waals surface area contributed by atoms with Gasteiger partial charge < -0.3 is 10.2 Å². The van der Waals surface area contributed by atoms with E-state index in [1.54, 1.807) is 6.08 Å². The van der Waals surface area contributed by atoms with Crippen molar-refractivity contribution in [2.45, 2.75) is 58.7 Å². The quantitative estimate of drug-likeness (QED) is 0.751. The summed E-state index contributed by atoms with van der Waals surface area (Å²) in [6.07, 6.45) is 3.37. The Bertz CT molecular complexity index is 391. The second kappa shape index (κ2) is 4.17. The summed E-state index contributed by atoms with van der Waals surface area (Å²) < 4.78 is 0. The van der Waals surface area contributed by atoms with Crippen molar-refractivity contribution in [1.29, 1.82) is 0 Å². The fourth-order valence-corrected chi connectivity index (χ4v) is 3.53. The van der Waals surface area contributed by atoms with Gasteiger partial charge in [-0.2, -0.15) is 0 Å². The van der Waals surface area contributed by atoms with Gasteiger partial charge in [0.25, 0.3) is 0 Å². The number of ketones is 1. The summed E-state index contributed by atoms with van der Waals surface area (Å²) in [6, 6.07) is 0. The number of rotatable bonds is 1. The van der Waals surface area contributed by atoms with Crippen LogP contribution < -0.4 is 0 Å². The van der Waals surface area contributed by atoms with Gasteiger partial charge in [-0.05, 0) is 56.4 Å². The average Bonchev–Trinajstić information content (AvgIpc) is 2.26. The third kappa shape index (κ3) is 2.04. The highest BCUT2D eigenvalue weighted by Crippen LogP contribution is 2.53. The monoisotopic (exact) mass is 252 g/mol. The highest BCUT2D eigenvalue weighted by atomic mass is 16.3. The van der Waals surface area contributed by atoms with Gasteiger partial charge in [-0.25, -0.2) is 0 Å². The van der Waals surface area contributed by atoms with Crippen molar-refractivity contribution in [1.82, 2.24) is 0 Å². The maximum atomic E-state index is 11.7. The lowest BCUT2D eigenvalue weighted by molar-refractivity contribution is -0.130. The van der Waals surface area contributed by atoms with Gasteiger partial charge in [0.1, 0.15) is 6.10 Å². The van der Waals surface area contributed by atoms with Crippen molar-refractivity contribution in [2.75, 3.05) is 0 Å². The van der Waals surface area contributed by atoms with Crippen molar-refractivity contribution < 1.29 is 15.0 Å². The Morgan fingerprint density at radius 1 is 1.44 bits per heavy atom. The molecule has 18 heavy (non-hydrogen) atoms. The second-order valence-corrected chi connectivity index (χ2v) is 6.82. The number of carbonyl (C=O) groups excluding carboxylic acids is 1. The summed E-state index contributed by atoms with van der Waals surface area (Å²) in [7, 11) is 0. The van der Waals surface area contributed by atoms with E-state index in [4.69, 9.17) is 0 Å². The summed E-state index contributed by atoms with van der Waals surface area (Å²) in [6.45, 7) is 7.77. The zero-order valence-electron chi connectivity index (χ0n) is 11.7. The molecule has 0 unspecified atom stereocenters. The molecule has 4 atom stereocenters. The van der Waals surface area contributed by atoms with Crippen LogP contribution in [0.5, 0.6) is 0 Å². The van der Waals surface area contributed by atoms with Crippen molar-refractivity contribution in [3.05, 3.63) is 11.6 Å². The van der Waals surface area contributed by atoms with E-state index >= 15 is 0 Å². The number of hydrogen-bond acceptors (Lipinski definition) is 3. The van der Waals surface area contributed by atoms with Crippen LogP contribution in [0.15, 0.2) is 11.6 Å². The molecule has 0 aromatic carbocycles. The van der Waals surface area contributed by atoms with Crippen LogP contribution in [-0.2, 0) is 4.79 Å². The van der Waals surface area contributed by atoms with E-state index in [9.17, 15) is 15.0 Å². The Morgan fingerprint density at radius 2 is 2.06 bits per heavy atom. The predicted octanol–water partition coefficient (Wildman–Crippen LogP) is 2.07. The first-order valence-electron chi connectivity index (χ1n) is 6.81. The minimum Gasteiger partial charge on any atom is -0.390 e. The molecule has 2 rings (SSSR count). The van der Waals surface area contributed by atoms with Gasteiger partial charge in [0, 0.05) is 0 Å². The van der Waals surface area contributed by atoms with Gasteiger partial charge in [0.15, 0.2) is 5.78 Å². The number of carbonyl (C=O) groups is 1. The fourth-order valence-electron chi connectivity index (χ4n) is 3.53. The van der Waals surface area contributed by atoms with E-state index in [2.05, 4.69) is 6.92 Å². The number of aliphatic hydroxyl groups excluding tert-OH is 1. The molecule has 0 amide bonds. The maximum Gasteiger partial charge on any atom is 0.184 e. The van der Waals surface area contributed by atoms with Gasteiger partial charge in [0.2, 0.25) is 0 Å². The van der Waals surface area contributed by atoms with Gasteiger partial charge in [-0.1, -0.05) is 19.4 Å². The average molecular weight is 252 g/mol. The van der Waals surface area contributed by atoms with Crippen LogP contribution in [0.4, 0.5) is 0 Å². The Balaban J connectivity index is 2.33. The highest BCUT2D eigenvalue weighted by molar-refractivity contribution is 5.95. The molecule has 0 radical (unpaired) electrons. The molecule has 102 valence electrons. The largest absolute Gasteiger partial charge is 0.390 e. The van der Waals surface area contributed by atoms with E-state index < -0.39 is 11.7 Å². The Morgan fingerprint density at radius 3 is 2.61 bits per heavy atom. The zero-order chi connectivity index (χ0) is 13.7. The normalized spacial score (nSPS) is 41.3. The first kappa shape index (κ1) is 13.8. The Kier molecular flexibility index (Phi) is 3.19. The van der Waals surface area contributed by atoms with E-state index in [-0.39, 0.29) is 23.0 Å². The summed E-state index contributed by atoms with van der Waals surface area (Å²) >= 11 is 0. The van der Waals surface area contributed by atoms with Crippen LogP contribution in [0.25, 0.3) is 0 Å². The van der Waals surface area contributed by atoms with Crippen LogP contribution in [0.1, 0.15) is 47.0 Å². The highest BCUT2D eigenvalue weighted by Gasteiger charge is 2.49. The van der Waals surface area contributed by atoms with Crippen LogP contribution in [-0.4, -0.2) is 27.7 Å². The molecule has 1 saturated carbocycles. The summed E-state index contributed by atoms with van der Waals surface area (Å²) in [5, 5.41) is 20.2. The van der Waals surface area contributed by atoms with Crippen LogP contribution in [0.3, 0.4) is 0 Å². The van der Waals surface area contributed by atoms with Gasteiger partial charge in [0.05, 0.1) is 5.60 Å². The lowest BCUT2D eigenvalue weighted by atomic mass is 9.56. The van der Waals surface area contributed by atoms with Gasteiger partial charge in [-0.3, -0.25) is 4.79 Å². The molecule has 2 aliphatic carbocycles. The number of hydrogen-bond donors (Lipinski definition) is 2. The molecular formula is C15H24O3. The standard InChI is InChI=1S/C15H24O3/c1-9-13(17)12(16)7-10-5-6-11(14(2,3)18)8-15(9,10)4/h7,9,11,13,17-18H,5-6,8H2,1-4H3/t9-,11-,13-,15+/m0/s1. The first-order valence-corrected chi connectivity index (χ1v) is 6.81. The first-order chi connectivity index (χ1) is 8.16. The second-order valence-electron chi connectivity index (χ2n) is 6.82. The minimum absolute atomic E-state index is 0.0739. The summed E-state index contributed by atoms with van der Waals surface area (Å²) in [4.78, 5) is 11.7. The molecular weight excluding hydrogens is 228 g/mol. The molecule has 0 spiro atoms. The third-order valence-electron chi connectivity index (χ3n) is 5.25. The number of fused-ring (bicyclic) bond motifs is 1. The van der Waals surface area contributed by atoms with E-state index in [0.29, 0.717) is 0 Å². The van der Waals surface area contributed by atoms with Crippen molar-refractivity contribution in [2.24, 2.45) is 17.3 Å². The molecule has 0 saturated heterocycles. The predicted molar refractivity (Wildman–Crippen MR) is 70.0 cm³/mol. The fraction of sp³-hybridized carbons (Fsp3) is 0.800. The smallest absolute Gasteiger partial charge is 0.184 e. The number of aliphatic hydroxyl groups is 2. The minimum atomic E-state index is -0.890. The van der Waals surface area contributed by atoms with Gasteiger partial charge in [-0.15, -0.1) is 0 Å². The molecule has 0 aromatic rings. The molecule has 0 aromatic heterocycles. The van der Waals surface area contributed by atoms with Gasteiger partial charge >= 0.3 is 0 Å². The maximum absolute atomic E-state index is 11.7. The SMILES string of the molecule is C[C@H]1[C@H](O)C(=O)C=C2CC[C@H](C(C)(C)O)C[C@@]21C. The molecule has 2 aliphatic rings. The van der Waals surface area contributed by atoms with Crippen LogP contribution in [0, 0.1) is 17.3 Å². The molecule has 2 N–H and O–H groups in total. The number of allylic oxidation sites excluding steroid dienone is 1. The summed E-state index contributed by atoms with van der Waals surface area (Å²) in [5.41, 5.74) is 0.308. The zero-order valence-corrected chi connectivity index (χ0v) is 11.7. The summed E-state index contributed by atoms with van der Waals surface area (Å²) in [5.74, 6) is -0.00524. The topological polar surface area (TPSA) is 57.5 Å². The van der Waals surface area contributed by atoms with Crippen LogP contribution >= 0.6 is 0 Å². The molecule has 0 bridgehead atoms. The third-order valence-corrected chi connectivity index (χ3v) is 5.25. The molecule has 1 fully saturated rings. The lowest BCUT2D eigenvalue weighted by Crippen LogP contribution is -2.49. The molecule has 3 nitrogen and oxygen atoms in total. The molecule has 3 heteroatoms. The molecule has 0 aliphatic heterocycles. The van der Waals surface area contributed by atoms with E-state index in [1.165, 1.54) is 0 Å². The Labute approximate surface area is 109 Å². The van der Waals surface area contributed by atoms with Crippen molar-refractivity contribution in [3.63, 3.8) is 0 Å². The van der Waals surface area contributed by atoms with Crippen molar-refractivity contribution in [3.8, 4) is 0 Å². The lowest BCUT2D eigenvalue weighted by Gasteiger charge is -2.50. The van der Waals surface area contributed by atoms with E-state index in [1.807, 2.05) is 20.8 Å². The van der Waals surface area contributed by atoms with E-state index in [0.717, 1.165) is 24.8 Å². The molecule has 0 heterocycles.